The van der Waals surface area contributed by atoms with Gasteiger partial charge in [-0.3, -0.25) is 19.5 Å². The quantitative estimate of drug-likeness (QED) is 0.322. The lowest BCUT2D eigenvalue weighted by atomic mass is 9.86. The number of anilines is 1. The number of amides is 2. The van der Waals surface area contributed by atoms with Gasteiger partial charge in [-0.25, -0.2) is 4.68 Å². The van der Waals surface area contributed by atoms with Crippen LogP contribution in [0.1, 0.15) is 54.0 Å². The van der Waals surface area contributed by atoms with Gasteiger partial charge in [0.1, 0.15) is 18.1 Å². The number of nitrogens with one attached hydrogen (secondary N) is 1. The Bertz CT molecular complexity index is 1540. The number of hydrogen-bond acceptors (Lipinski definition) is 6. The van der Waals surface area contributed by atoms with Crippen molar-refractivity contribution in [1.82, 2.24) is 20.1 Å². The molecule has 1 aliphatic heterocycles. The summed E-state index contributed by atoms with van der Waals surface area (Å²) >= 11 is 1.58. The van der Waals surface area contributed by atoms with Gasteiger partial charge in [0.05, 0.1) is 29.5 Å². The van der Waals surface area contributed by atoms with Crippen molar-refractivity contribution in [3.63, 3.8) is 0 Å². The lowest BCUT2D eigenvalue weighted by Gasteiger charge is -2.25. The molecule has 4 aromatic rings. The molecule has 8 nitrogen and oxygen atoms in total. The van der Waals surface area contributed by atoms with Crippen molar-refractivity contribution >= 4 is 29.4 Å². The third-order valence-corrected chi connectivity index (χ3v) is 8.36. The number of hydrogen-bond donors (Lipinski definition) is 1. The first kappa shape index (κ1) is 28.4. The third kappa shape index (κ3) is 6.00. The molecule has 3 heterocycles. The largest absolute Gasteiger partial charge is 0.497 e. The van der Waals surface area contributed by atoms with Crippen LogP contribution in [0.3, 0.4) is 0 Å². The van der Waals surface area contributed by atoms with Crippen LogP contribution in [-0.4, -0.2) is 46.0 Å². The minimum atomic E-state index is -0.327. The number of pyridine rings is 1. The Labute approximate surface area is 245 Å². The average Bonchev–Trinajstić information content (AvgIpc) is 3.31. The van der Waals surface area contributed by atoms with Crippen molar-refractivity contribution in [2.45, 2.75) is 44.9 Å². The number of rotatable bonds is 7. The number of aromatic nitrogens is 3. The molecule has 0 saturated heterocycles. The predicted octanol–water partition coefficient (Wildman–Crippen LogP) is 5.37. The van der Waals surface area contributed by atoms with Crippen molar-refractivity contribution < 1.29 is 14.3 Å². The van der Waals surface area contributed by atoms with Crippen LogP contribution in [0.2, 0.25) is 0 Å². The summed E-state index contributed by atoms with van der Waals surface area (Å²) in [5.41, 5.74) is 5.51. The summed E-state index contributed by atoms with van der Waals surface area (Å²) in [6, 6.07) is 19.6. The number of aryl methyl sites for hydroxylation is 1. The Morgan fingerprint density at radius 3 is 2.44 bits per heavy atom. The van der Waals surface area contributed by atoms with Crippen molar-refractivity contribution in [3.05, 3.63) is 101 Å². The lowest BCUT2D eigenvalue weighted by molar-refractivity contribution is -0.123. The van der Waals surface area contributed by atoms with Gasteiger partial charge in [0.25, 0.3) is 0 Å². The summed E-state index contributed by atoms with van der Waals surface area (Å²) in [5.74, 6) is 1.20. The van der Waals surface area contributed by atoms with Gasteiger partial charge in [-0.05, 0) is 60.0 Å². The molecule has 1 aliphatic rings. The summed E-state index contributed by atoms with van der Waals surface area (Å²) in [6.45, 7) is 8.71. The number of fused-ring (bicyclic) bond motifs is 1. The number of benzene rings is 2. The van der Waals surface area contributed by atoms with Gasteiger partial charge in [0.15, 0.2) is 0 Å². The van der Waals surface area contributed by atoms with Crippen LogP contribution in [0.5, 0.6) is 5.75 Å². The molecule has 0 fully saturated rings. The monoisotopic (exact) mass is 569 g/mol. The second kappa shape index (κ2) is 11.8. The summed E-state index contributed by atoms with van der Waals surface area (Å²) < 4.78 is 7.21. The number of carbonyl (C=O) groups excluding carboxylic acids is 2. The third-order valence-electron chi connectivity index (χ3n) is 7.13. The van der Waals surface area contributed by atoms with Crippen LogP contribution in [0, 0.1) is 6.92 Å². The number of methoxy groups -OCH3 is 1. The molecule has 0 unspecified atom stereocenters. The van der Waals surface area contributed by atoms with Gasteiger partial charge in [-0.15, -0.1) is 11.8 Å². The molecular weight excluding hydrogens is 534 g/mol. The van der Waals surface area contributed by atoms with E-state index >= 15 is 0 Å². The van der Waals surface area contributed by atoms with Gasteiger partial charge in [0, 0.05) is 29.9 Å². The fourth-order valence-corrected chi connectivity index (χ4v) is 6.30. The maximum atomic E-state index is 13.8. The van der Waals surface area contributed by atoms with Gasteiger partial charge in [-0.1, -0.05) is 45.0 Å². The molecule has 2 aromatic heterocycles. The highest BCUT2D eigenvalue weighted by molar-refractivity contribution is 8.00. The first-order chi connectivity index (χ1) is 19.7. The van der Waals surface area contributed by atoms with Crippen LogP contribution >= 0.6 is 11.8 Å². The minimum Gasteiger partial charge on any atom is -0.497 e. The predicted molar refractivity (Wildman–Crippen MR) is 163 cm³/mol. The number of nitrogens with zero attached hydrogens (tertiary/aromatic N) is 4. The Morgan fingerprint density at radius 2 is 1.78 bits per heavy atom. The normalized spacial score (nSPS) is 15.3. The lowest BCUT2D eigenvalue weighted by Crippen LogP contribution is -2.42. The molecule has 0 radical (unpaired) electrons. The van der Waals surface area contributed by atoms with Gasteiger partial charge < -0.3 is 10.1 Å². The molecule has 2 aromatic carbocycles. The second-order valence-electron chi connectivity index (χ2n) is 11.1. The number of thioether (sulfide) groups is 1. The van der Waals surface area contributed by atoms with E-state index in [0.29, 0.717) is 12.4 Å². The molecule has 5 rings (SSSR count). The zero-order valence-electron chi connectivity index (χ0n) is 24.0. The van der Waals surface area contributed by atoms with E-state index in [1.165, 1.54) is 0 Å². The van der Waals surface area contributed by atoms with Crippen LogP contribution in [0.4, 0.5) is 5.82 Å². The average molecular weight is 570 g/mol. The number of carbonyl (C=O) groups is 2. The van der Waals surface area contributed by atoms with Gasteiger partial charge in [-0.2, -0.15) is 5.10 Å². The molecule has 41 heavy (non-hydrogen) atoms. The molecule has 1 N–H and O–H groups in total. The smallest absolute Gasteiger partial charge is 0.240 e. The highest BCUT2D eigenvalue weighted by Crippen LogP contribution is 2.49. The molecule has 1 atom stereocenters. The number of ether oxygens (including phenoxy) is 1. The Kier molecular flexibility index (Phi) is 8.17. The standard InChI is InChI=1S/C32H35N5O3S/c1-21-8-6-7-9-25(21)29-28-30(32(2,3)4)35-37(23-10-12-24(40-5)13-11-23)31(28)36(27(39)20-41-29)19-26(38)34-18-22-14-16-33-17-15-22/h6-17,29H,18-20H2,1-5H3,(H,34,38)/t29-/m1/s1. The van der Waals surface area contributed by atoms with E-state index in [9.17, 15) is 9.59 Å². The maximum Gasteiger partial charge on any atom is 0.240 e. The summed E-state index contributed by atoms with van der Waals surface area (Å²) in [7, 11) is 1.63. The molecule has 212 valence electrons. The van der Waals surface area contributed by atoms with Crippen molar-refractivity contribution in [3.8, 4) is 11.4 Å². The molecule has 0 spiro atoms. The van der Waals surface area contributed by atoms with E-state index in [-0.39, 0.29) is 34.8 Å². The highest BCUT2D eigenvalue weighted by Gasteiger charge is 2.40. The topological polar surface area (TPSA) is 89.3 Å². The van der Waals surface area contributed by atoms with Crippen LogP contribution in [0.15, 0.2) is 73.1 Å². The Morgan fingerprint density at radius 1 is 1.07 bits per heavy atom. The first-order valence-corrected chi connectivity index (χ1v) is 14.6. The van der Waals surface area contributed by atoms with E-state index < -0.39 is 0 Å². The molecule has 0 bridgehead atoms. The second-order valence-corrected chi connectivity index (χ2v) is 12.2. The van der Waals surface area contributed by atoms with Crippen molar-refractivity contribution in [2.75, 3.05) is 24.3 Å². The zero-order chi connectivity index (χ0) is 29.1. The van der Waals surface area contributed by atoms with Crippen molar-refractivity contribution in [1.29, 1.82) is 0 Å². The fraction of sp³-hybridized carbons (Fsp3) is 0.312. The van der Waals surface area contributed by atoms with Crippen molar-refractivity contribution in [2.24, 2.45) is 0 Å². The summed E-state index contributed by atoms with van der Waals surface area (Å²) in [4.78, 5) is 32.8. The van der Waals surface area contributed by atoms with Gasteiger partial charge >= 0.3 is 0 Å². The van der Waals surface area contributed by atoms with E-state index in [1.807, 2.05) is 53.2 Å². The zero-order valence-corrected chi connectivity index (χ0v) is 24.9. The minimum absolute atomic E-state index is 0.122. The molecule has 0 saturated carbocycles. The fourth-order valence-electron chi connectivity index (χ4n) is 5.00. The highest BCUT2D eigenvalue weighted by atomic mass is 32.2. The first-order valence-electron chi connectivity index (χ1n) is 13.6. The molecule has 9 heteroatoms. The van der Waals surface area contributed by atoms with E-state index in [1.54, 1.807) is 36.2 Å². The SMILES string of the molecule is COc1ccc(-n2nc(C(C)(C)C)c3c2N(CC(=O)NCc2ccncc2)C(=O)CS[C@@H]3c2ccccc2C)cc1. The maximum absolute atomic E-state index is 13.8. The molecular formula is C32H35N5O3S. The van der Waals surface area contributed by atoms with E-state index in [0.717, 1.165) is 39.4 Å². The van der Waals surface area contributed by atoms with Crippen LogP contribution in [0.25, 0.3) is 5.69 Å². The van der Waals surface area contributed by atoms with E-state index in [4.69, 9.17) is 9.84 Å². The van der Waals surface area contributed by atoms with E-state index in [2.05, 4.69) is 50.1 Å². The molecule has 2 amide bonds. The van der Waals surface area contributed by atoms with Crippen LogP contribution < -0.4 is 15.0 Å². The summed E-state index contributed by atoms with van der Waals surface area (Å²) in [5, 5.41) is 7.98. The molecule has 0 aliphatic carbocycles. The Hall–Kier alpha value is -4.11. The van der Waals surface area contributed by atoms with Gasteiger partial charge in [0.2, 0.25) is 11.8 Å². The van der Waals surface area contributed by atoms with Crippen LogP contribution in [-0.2, 0) is 21.5 Å². The summed E-state index contributed by atoms with van der Waals surface area (Å²) in [6.07, 6.45) is 3.38. The Balaban J connectivity index is 1.66.